The highest BCUT2D eigenvalue weighted by Crippen LogP contribution is 2.35. The maximum atomic E-state index is 13.9. The molecule has 26 heavy (non-hydrogen) atoms. The monoisotopic (exact) mass is 382 g/mol. The van der Waals surface area contributed by atoms with Gasteiger partial charge in [-0.2, -0.15) is 0 Å². The van der Waals surface area contributed by atoms with Crippen LogP contribution in [0.4, 0.5) is 10.1 Å². The zero-order valence-electron chi connectivity index (χ0n) is 14.7. The summed E-state index contributed by atoms with van der Waals surface area (Å²) in [6.45, 7) is 0. The Hall–Kier alpha value is -2.81. The molecule has 0 aliphatic carbocycles. The Labute approximate surface area is 151 Å². The third-order valence-corrected chi connectivity index (χ3v) is 4.93. The summed E-state index contributed by atoms with van der Waals surface area (Å²) in [6, 6.07) is 7.62. The van der Waals surface area contributed by atoms with Crippen molar-refractivity contribution in [2.75, 3.05) is 33.0 Å². The van der Waals surface area contributed by atoms with Crippen LogP contribution in [0, 0.1) is 5.82 Å². The number of nitrogens with one attached hydrogen (secondary N) is 1. The topological polar surface area (TPSA) is 84.9 Å². The van der Waals surface area contributed by atoms with Crippen molar-refractivity contribution in [1.29, 1.82) is 0 Å². The van der Waals surface area contributed by atoms with Gasteiger partial charge in [0, 0.05) is 20.2 Å². The second kappa shape index (κ2) is 7.61. The second-order valence-electron chi connectivity index (χ2n) is 5.49. The van der Waals surface area contributed by atoms with Crippen LogP contribution in [-0.4, -0.2) is 47.5 Å². The molecule has 2 aromatic carbocycles. The van der Waals surface area contributed by atoms with Gasteiger partial charge >= 0.3 is 0 Å². The minimum atomic E-state index is -4.26. The van der Waals surface area contributed by atoms with Crippen molar-refractivity contribution in [2.45, 2.75) is 4.90 Å². The highest BCUT2D eigenvalue weighted by Gasteiger charge is 2.24. The number of rotatable bonds is 6. The minimum Gasteiger partial charge on any atom is -0.493 e. The number of sulfonamides is 1. The molecular weight excluding hydrogens is 363 g/mol. The van der Waals surface area contributed by atoms with Crippen molar-refractivity contribution in [3.8, 4) is 11.5 Å². The Kier molecular flexibility index (Phi) is 5.71. The molecule has 7 nitrogen and oxygen atoms in total. The van der Waals surface area contributed by atoms with Crippen molar-refractivity contribution in [2.24, 2.45) is 0 Å². The summed E-state index contributed by atoms with van der Waals surface area (Å²) >= 11 is 0. The van der Waals surface area contributed by atoms with Gasteiger partial charge in [-0.15, -0.1) is 0 Å². The van der Waals surface area contributed by atoms with Gasteiger partial charge in [0.2, 0.25) is 0 Å². The first kappa shape index (κ1) is 19.5. The van der Waals surface area contributed by atoms with Crippen LogP contribution >= 0.6 is 0 Å². The van der Waals surface area contributed by atoms with Crippen molar-refractivity contribution < 1.29 is 27.1 Å². The lowest BCUT2D eigenvalue weighted by Crippen LogP contribution is -2.24. The fraction of sp³-hybridized carbons (Fsp3) is 0.235. The first-order chi connectivity index (χ1) is 12.2. The molecule has 0 saturated heterocycles. The van der Waals surface area contributed by atoms with Crippen LogP contribution in [0.5, 0.6) is 11.5 Å². The van der Waals surface area contributed by atoms with E-state index in [4.69, 9.17) is 9.47 Å². The molecule has 0 unspecified atom stereocenters. The molecule has 0 radical (unpaired) electrons. The van der Waals surface area contributed by atoms with E-state index in [0.29, 0.717) is 0 Å². The molecule has 1 amide bonds. The number of carbonyl (C=O) groups is 1. The van der Waals surface area contributed by atoms with E-state index in [1.807, 2.05) is 0 Å². The number of halogens is 1. The third kappa shape index (κ3) is 3.88. The number of hydrogen-bond donors (Lipinski definition) is 1. The Morgan fingerprint density at radius 3 is 2.19 bits per heavy atom. The van der Waals surface area contributed by atoms with Crippen molar-refractivity contribution in [3.05, 3.63) is 47.8 Å². The maximum absolute atomic E-state index is 13.9. The van der Waals surface area contributed by atoms with E-state index >= 15 is 0 Å². The smallest absolute Gasteiger partial charge is 0.264 e. The minimum absolute atomic E-state index is 0.0348. The Bertz CT molecular complexity index is 929. The highest BCUT2D eigenvalue weighted by molar-refractivity contribution is 7.92. The number of anilines is 1. The summed E-state index contributed by atoms with van der Waals surface area (Å²) in [7, 11) is 1.55. The van der Waals surface area contributed by atoms with Crippen LogP contribution in [0.25, 0.3) is 0 Å². The van der Waals surface area contributed by atoms with Crippen LogP contribution in [0.3, 0.4) is 0 Å². The van der Waals surface area contributed by atoms with Crippen LogP contribution in [-0.2, 0) is 10.0 Å². The number of nitrogens with zero attached hydrogens (tertiary/aromatic N) is 1. The Balaban J connectivity index is 2.60. The number of carbonyl (C=O) groups excluding carboxylic acids is 1. The number of amides is 1. The molecule has 0 bridgehead atoms. The maximum Gasteiger partial charge on any atom is 0.264 e. The number of benzene rings is 2. The summed E-state index contributed by atoms with van der Waals surface area (Å²) in [5, 5.41) is 0. The normalized spacial score (nSPS) is 11.0. The third-order valence-electron chi connectivity index (χ3n) is 3.53. The van der Waals surface area contributed by atoms with E-state index in [1.165, 1.54) is 57.5 Å². The highest BCUT2D eigenvalue weighted by atomic mass is 32.2. The van der Waals surface area contributed by atoms with Gasteiger partial charge in [-0.25, -0.2) is 12.8 Å². The molecule has 0 spiro atoms. The molecular formula is C17H19FN2O5S. The van der Waals surface area contributed by atoms with Gasteiger partial charge in [-0.05, 0) is 18.2 Å². The van der Waals surface area contributed by atoms with Gasteiger partial charge in [0.05, 0.1) is 25.5 Å². The summed E-state index contributed by atoms with van der Waals surface area (Å²) < 4.78 is 51.6. The average molecular weight is 382 g/mol. The lowest BCUT2D eigenvalue weighted by atomic mass is 10.1. The Morgan fingerprint density at radius 1 is 1.08 bits per heavy atom. The fourth-order valence-electron chi connectivity index (χ4n) is 2.24. The quantitative estimate of drug-likeness (QED) is 0.829. The molecule has 140 valence electrons. The van der Waals surface area contributed by atoms with Crippen LogP contribution in [0.15, 0.2) is 41.3 Å². The fourth-order valence-corrected chi connectivity index (χ4v) is 3.39. The second-order valence-corrected chi connectivity index (χ2v) is 7.14. The van der Waals surface area contributed by atoms with Gasteiger partial charge in [-0.1, -0.05) is 12.1 Å². The molecule has 1 N–H and O–H groups in total. The zero-order chi connectivity index (χ0) is 19.5. The molecule has 0 aliphatic heterocycles. The zero-order valence-corrected chi connectivity index (χ0v) is 15.6. The Morgan fingerprint density at radius 2 is 1.65 bits per heavy atom. The average Bonchev–Trinajstić information content (AvgIpc) is 2.60. The first-order valence-corrected chi connectivity index (χ1v) is 8.94. The van der Waals surface area contributed by atoms with Crippen molar-refractivity contribution in [1.82, 2.24) is 4.90 Å². The summed E-state index contributed by atoms with van der Waals surface area (Å²) in [6.07, 6.45) is 0. The predicted molar refractivity (Wildman–Crippen MR) is 94.8 cm³/mol. The number of ether oxygens (including phenoxy) is 2. The summed E-state index contributed by atoms with van der Waals surface area (Å²) in [5.74, 6) is -0.890. The van der Waals surface area contributed by atoms with Crippen LogP contribution in [0.1, 0.15) is 10.4 Å². The summed E-state index contributed by atoms with van der Waals surface area (Å²) in [4.78, 5) is 13.2. The van der Waals surface area contributed by atoms with Crippen molar-refractivity contribution in [3.63, 3.8) is 0 Å². The van der Waals surface area contributed by atoms with Crippen LogP contribution in [0.2, 0.25) is 0 Å². The molecule has 0 heterocycles. The lowest BCUT2D eigenvalue weighted by Gasteiger charge is -2.18. The molecule has 0 saturated carbocycles. The van der Waals surface area contributed by atoms with E-state index < -0.39 is 26.6 Å². The van der Waals surface area contributed by atoms with E-state index in [-0.39, 0.29) is 22.7 Å². The standard InChI is InChI=1S/C17H19FN2O5S/c1-20(2)17(21)11-9-14(24-3)15(25-4)10-13(11)19-26(22,23)16-8-6-5-7-12(16)18/h5-10,19H,1-4H3. The van der Waals surface area contributed by atoms with E-state index in [2.05, 4.69) is 4.72 Å². The predicted octanol–water partition coefficient (Wildman–Crippen LogP) is 2.35. The number of methoxy groups -OCH3 is 2. The number of hydrogen-bond acceptors (Lipinski definition) is 5. The van der Waals surface area contributed by atoms with Gasteiger partial charge < -0.3 is 14.4 Å². The summed E-state index contributed by atoms with van der Waals surface area (Å²) in [5.41, 5.74) is -0.0165. The van der Waals surface area contributed by atoms with E-state index in [9.17, 15) is 17.6 Å². The molecule has 0 aromatic heterocycles. The molecule has 2 rings (SSSR count). The molecule has 0 atom stereocenters. The van der Waals surface area contributed by atoms with Gasteiger partial charge in [0.25, 0.3) is 15.9 Å². The molecule has 0 fully saturated rings. The van der Waals surface area contributed by atoms with Crippen LogP contribution < -0.4 is 14.2 Å². The van der Waals surface area contributed by atoms with E-state index in [1.54, 1.807) is 0 Å². The molecule has 0 aliphatic rings. The lowest BCUT2D eigenvalue weighted by molar-refractivity contribution is 0.0828. The van der Waals surface area contributed by atoms with Crippen molar-refractivity contribution >= 4 is 21.6 Å². The van der Waals surface area contributed by atoms with Gasteiger partial charge in [0.15, 0.2) is 11.5 Å². The molecule has 9 heteroatoms. The largest absolute Gasteiger partial charge is 0.493 e. The van der Waals surface area contributed by atoms with Gasteiger partial charge in [0.1, 0.15) is 10.7 Å². The van der Waals surface area contributed by atoms with Gasteiger partial charge in [-0.3, -0.25) is 9.52 Å². The molecule has 2 aromatic rings. The first-order valence-electron chi connectivity index (χ1n) is 7.46. The van der Waals surface area contributed by atoms with E-state index in [0.717, 1.165) is 12.1 Å². The SMILES string of the molecule is COc1cc(NS(=O)(=O)c2ccccc2F)c(C(=O)N(C)C)cc1OC.